The van der Waals surface area contributed by atoms with Crippen LogP contribution in [-0.2, 0) is 4.74 Å². The normalized spacial score (nSPS) is 10.9. The van der Waals surface area contributed by atoms with Crippen molar-refractivity contribution < 1.29 is 13.9 Å². The fourth-order valence-electron chi connectivity index (χ4n) is 1.16. The predicted molar refractivity (Wildman–Crippen MR) is 58.8 cm³/mol. The van der Waals surface area contributed by atoms with Crippen molar-refractivity contribution in [3.63, 3.8) is 0 Å². The molecular weight excluding hydrogens is 206 g/mol. The molecule has 0 aliphatic heterocycles. The van der Waals surface area contributed by atoms with Crippen LogP contribution < -0.4 is 0 Å². The summed E-state index contributed by atoms with van der Waals surface area (Å²) in [5.41, 5.74) is -0.00120. The maximum absolute atomic E-state index is 11.6. The summed E-state index contributed by atoms with van der Waals surface area (Å²) in [6.07, 6.45) is 7.00. The van der Waals surface area contributed by atoms with Gasteiger partial charge in [-0.3, -0.25) is 0 Å². The van der Waals surface area contributed by atoms with Crippen LogP contribution in [0.15, 0.2) is 10.8 Å². The van der Waals surface area contributed by atoms with Gasteiger partial charge in [0.15, 0.2) is 12.1 Å². The Hall–Kier alpha value is -1.76. The maximum atomic E-state index is 11.6. The summed E-state index contributed by atoms with van der Waals surface area (Å²) in [4.78, 5) is 15.4. The summed E-state index contributed by atoms with van der Waals surface area (Å²) in [6, 6.07) is 0. The van der Waals surface area contributed by atoms with E-state index in [9.17, 15) is 4.79 Å². The Morgan fingerprint density at radius 2 is 2.38 bits per heavy atom. The molecule has 1 aromatic rings. The molecule has 0 bridgehead atoms. The lowest BCUT2D eigenvalue weighted by atomic mass is 9.91. The van der Waals surface area contributed by atoms with E-state index >= 15 is 0 Å². The van der Waals surface area contributed by atoms with Crippen LogP contribution in [0.5, 0.6) is 0 Å². The van der Waals surface area contributed by atoms with E-state index in [1.165, 1.54) is 6.39 Å². The van der Waals surface area contributed by atoms with Crippen LogP contribution in [0.1, 0.15) is 36.5 Å². The topological polar surface area (TPSA) is 52.3 Å². The third-order valence-electron chi connectivity index (χ3n) is 2.11. The van der Waals surface area contributed by atoms with Crippen molar-refractivity contribution in [2.24, 2.45) is 5.41 Å². The van der Waals surface area contributed by atoms with E-state index in [1.54, 1.807) is 6.92 Å². The van der Waals surface area contributed by atoms with E-state index in [-0.39, 0.29) is 17.7 Å². The molecule has 4 heteroatoms. The summed E-state index contributed by atoms with van der Waals surface area (Å²) in [6.45, 7) is 5.81. The molecule has 4 nitrogen and oxygen atoms in total. The molecule has 86 valence electrons. The van der Waals surface area contributed by atoms with Gasteiger partial charge in [-0.15, -0.1) is 12.3 Å². The molecule has 0 radical (unpaired) electrons. The zero-order valence-electron chi connectivity index (χ0n) is 9.74. The first-order valence-electron chi connectivity index (χ1n) is 4.97. The number of hydrogen-bond donors (Lipinski definition) is 0. The predicted octanol–water partition coefficient (Wildman–Crippen LogP) is 2.19. The summed E-state index contributed by atoms with van der Waals surface area (Å²) in [5.74, 6) is 2.53. The van der Waals surface area contributed by atoms with Crippen LogP contribution in [0.25, 0.3) is 0 Å². The summed E-state index contributed by atoms with van der Waals surface area (Å²) in [7, 11) is 0. The standard InChI is InChI=1S/C12H15NO3/c1-5-6-12(3,4)7-15-11(14)10-9(2)16-8-13-10/h1,8H,6-7H2,2-4H3. The number of aromatic nitrogens is 1. The number of nitrogens with zero attached hydrogens (tertiary/aromatic N) is 1. The van der Waals surface area contributed by atoms with Gasteiger partial charge in [0.25, 0.3) is 0 Å². The van der Waals surface area contributed by atoms with Gasteiger partial charge >= 0.3 is 5.97 Å². The van der Waals surface area contributed by atoms with Gasteiger partial charge in [0, 0.05) is 11.8 Å². The third-order valence-corrected chi connectivity index (χ3v) is 2.11. The van der Waals surface area contributed by atoms with E-state index in [1.807, 2.05) is 13.8 Å². The molecule has 1 rings (SSSR count). The van der Waals surface area contributed by atoms with Crippen molar-refractivity contribution in [1.82, 2.24) is 4.98 Å². The average molecular weight is 221 g/mol. The summed E-state index contributed by atoms with van der Waals surface area (Å²) >= 11 is 0. The number of esters is 1. The first kappa shape index (κ1) is 12.3. The number of ether oxygens (including phenoxy) is 1. The van der Waals surface area contributed by atoms with Crippen molar-refractivity contribution >= 4 is 5.97 Å². The number of hydrogen-bond acceptors (Lipinski definition) is 4. The number of aryl methyl sites for hydroxylation is 1. The first-order chi connectivity index (χ1) is 7.46. The van der Waals surface area contributed by atoms with Gasteiger partial charge in [0.2, 0.25) is 0 Å². The van der Waals surface area contributed by atoms with Gasteiger partial charge < -0.3 is 9.15 Å². The van der Waals surface area contributed by atoms with E-state index in [0.29, 0.717) is 12.2 Å². The van der Waals surface area contributed by atoms with Crippen LogP contribution in [0.3, 0.4) is 0 Å². The average Bonchev–Trinajstić information content (AvgIpc) is 2.61. The molecule has 0 aliphatic rings. The quantitative estimate of drug-likeness (QED) is 0.577. The minimum atomic E-state index is -0.476. The summed E-state index contributed by atoms with van der Waals surface area (Å²) < 4.78 is 10.0. The van der Waals surface area contributed by atoms with Crippen LogP contribution in [0.4, 0.5) is 0 Å². The smallest absolute Gasteiger partial charge is 0.360 e. The molecule has 1 heterocycles. The fraction of sp³-hybridized carbons (Fsp3) is 0.500. The van der Waals surface area contributed by atoms with Crippen molar-refractivity contribution in [3.8, 4) is 12.3 Å². The number of terminal acetylenes is 1. The molecule has 0 unspecified atom stereocenters. The van der Waals surface area contributed by atoms with Gasteiger partial charge in [-0.25, -0.2) is 9.78 Å². The molecule has 0 saturated heterocycles. The monoisotopic (exact) mass is 221 g/mol. The third kappa shape index (κ3) is 3.13. The Morgan fingerprint density at radius 3 is 2.88 bits per heavy atom. The van der Waals surface area contributed by atoms with E-state index < -0.39 is 5.97 Å². The number of carbonyl (C=O) groups is 1. The lowest BCUT2D eigenvalue weighted by Gasteiger charge is -2.20. The molecule has 0 aromatic carbocycles. The molecule has 0 aliphatic carbocycles. The van der Waals surface area contributed by atoms with Gasteiger partial charge in [-0.1, -0.05) is 13.8 Å². The lowest BCUT2D eigenvalue weighted by molar-refractivity contribution is 0.0340. The molecule has 0 spiro atoms. The number of oxazole rings is 1. The maximum Gasteiger partial charge on any atom is 0.360 e. The highest BCUT2D eigenvalue weighted by Crippen LogP contribution is 2.20. The highest BCUT2D eigenvalue weighted by Gasteiger charge is 2.21. The van der Waals surface area contributed by atoms with Crippen LogP contribution in [0, 0.1) is 24.7 Å². The van der Waals surface area contributed by atoms with Crippen molar-refractivity contribution in [3.05, 3.63) is 17.8 Å². The largest absolute Gasteiger partial charge is 0.460 e. The Bertz CT molecular complexity index is 412. The second-order valence-corrected chi connectivity index (χ2v) is 4.38. The van der Waals surface area contributed by atoms with Crippen LogP contribution in [0.2, 0.25) is 0 Å². The molecular formula is C12H15NO3. The Labute approximate surface area is 95.0 Å². The molecule has 0 N–H and O–H groups in total. The van der Waals surface area contributed by atoms with Gasteiger partial charge in [0.05, 0.1) is 6.61 Å². The zero-order chi connectivity index (χ0) is 12.2. The van der Waals surface area contributed by atoms with Crippen molar-refractivity contribution in [2.45, 2.75) is 27.2 Å². The Morgan fingerprint density at radius 1 is 1.69 bits per heavy atom. The molecule has 0 amide bonds. The minimum absolute atomic E-state index is 0.219. The second-order valence-electron chi connectivity index (χ2n) is 4.38. The molecule has 1 aromatic heterocycles. The molecule has 16 heavy (non-hydrogen) atoms. The molecule has 0 atom stereocenters. The van der Waals surface area contributed by atoms with Gasteiger partial charge in [0.1, 0.15) is 5.76 Å². The first-order valence-corrected chi connectivity index (χ1v) is 4.97. The Kier molecular flexibility index (Phi) is 3.73. The summed E-state index contributed by atoms with van der Waals surface area (Å²) in [5, 5.41) is 0. The number of rotatable bonds is 4. The van der Waals surface area contributed by atoms with E-state index in [4.69, 9.17) is 15.6 Å². The highest BCUT2D eigenvalue weighted by molar-refractivity contribution is 5.88. The Balaban J connectivity index is 2.55. The van der Waals surface area contributed by atoms with E-state index in [0.717, 1.165) is 0 Å². The van der Waals surface area contributed by atoms with Crippen molar-refractivity contribution in [1.29, 1.82) is 0 Å². The minimum Gasteiger partial charge on any atom is -0.460 e. The van der Waals surface area contributed by atoms with Crippen LogP contribution in [-0.4, -0.2) is 17.6 Å². The van der Waals surface area contributed by atoms with Crippen molar-refractivity contribution in [2.75, 3.05) is 6.61 Å². The lowest BCUT2D eigenvalue weighted by Crippen LogP contribution is -2.21. The van der Waals surface area contributed by atoms with Gasteiger partial charge in [-0.2, -0.15) is 0 Å². The fourth-order valence-corrected chi connectivity index (χ4v) is 1.16. The van der Waals surface area contributed by atoms with E-state index in [2.05, 4.69) is 10.9 Å². The number of carbonyl (C=O) groups excluding carboxylic acids is 1. The zero-order valence-corrected chi connectivity index (χ0v) is 9.74. The molecule has 0 fully saturated rings. The highest BCUT2D eigenvalue weighted by atomic mass is 16.5. The second kappa shape index (κ2) is 4.84. The van der Waals surface area contributed by atoms with Crippen LogP contribution >= 0.6 is 0 Å². The molecule has 0 saturated carbocycles. The SMILES string of the molecule is C#CCC(C)(C)COC(=O)c1ncoc1C. The van der Waals surface area contributed by atoms with Gasteiger partial charge in [-0.05, 0) is 6.92 Å².